The lowest BCUT2D eigenvalue weighted by molar-refractivity contribution is -0.139. The van der Waals surface area contributed by atoms with E-state index < -0.39 is 0 Å². The first kappa shape index (κ1) is 19.5. The molecule has 2 fully saturated rings. The van der Waals surface area contributed by atoms with Crippen molar-refractivity contribution in [2.75, 3.05) is 39.4 Å². The first-order valence-electron chi connectivity index (χ1n) is 9.64. The number of unbranched alkanes of at least 4 members (excludes halogenated alkanes) is 1. The van der Waals surface area contributed by atoms with Crippen LogP contribution in [0, 0.1) is 0 Å². The summed E-state index contributed by atoms with van der Waals surface area (Å²) in [6, 6.07) is 7.07. The second kappa shape index (κ2) is 9.62. The molecule has 7 nitrogen and oxygen atoms in total. The number of benzene rings is 1. The number of amides is 3. The second-order valence-electron chi connectivity index (χ2n) is 6.99. The van der Waals surface area contributed by atoms with Gasteiger partial charge in [0.2, 0.25) is 11.8 Å². The quantitative estimate of drug-likeness (QED) is 0.547. The van der Waals surface area contributed by atoms with Gasteiger partial charge in [-0.3, -0.25) is 24.2 Å². The molecular formula is C20H27N3O4. The van der Waals surface area contributed by atoms with Gasteiger partial charge in [-0.05, 0) is 37.1 Å². The molecule has 2 aliphatic rings. The number of ether oxygens (including phenoxy) is 1. The van der Waals surface area contributed by atoms with Gasteiger partial charge in [0, 0.05) is 38.0 Å². The maximum atomic E-state index is 12.2. The standard InChI is InChI=1S/C20H27N3O4/c24-18-7-8-19(25)23(18)15-16-3-5-17(6-4-16)20(26)21-9-1-2-10-22-11-13-27-14-12-22/h3-6H,1-2,7-15H2,(H,21,26). The van der Waals surface area contributed by atoms with E-state index in [0.29, 0.717) is 24.9 Å². The largest absolute Gasteiger partial charge is 0.379 e. The molecule has 0 saturated carbocycles. The molecule has 27 heavy (non-hydrogen) atoms. The van der Waals surface area contributed by atoms with E-state index >= 15 is 0 Å². The summed E-state index contributed by atoms with van der Waals surface area (Å²) in [6.07, 6.45) is 2.59. The fourth-order valence-corrected chi connectivity index (χ4v) is 3.33. The van der Waals surface area contributed by atoms with Gasteiger partial charge in [0.1, 0.15) is 0 Å². The summed E-state index contributed by atoms with van der Waals surface area (Å²) in [5.41, 5.74) is 1.44. The number of nitrogens with one attached hydrogen (secondary N) is 1. The Labute approximate surface area is 159 Å². The molecule has 0 spiro atoms. The zero-order valence-corrected chi connectivity index (χ0v) is 15.6. The lowest BCUT2D eigenvalue weighted by Crippen LogP contribution is -2.37. The Bertz CT molecular complexity index is 652. The first-order chi connectivity index (χ1) is 13.1. The molecule has 0 bridgehead atoms. The Morgan fingerprint density at radius 1 is 1.00 bits per heavy atom. The third-order valence-electron chi connectivity index (χ3n) is 5.00. The van der Waals surface area contributed by atoms with Crippen LogP contribution in [-0.4, -0.2) is 66.9 Å². The number of nitrogens with zero attached hydrogens (tertiary/aromatic N) is 2. The molecule has 7 heteroatoms. The Hall–Kier alpha value is -2.25. The first-order valence-corrected chi connectivity index (χ1v) is 9.64. The van der Waals surface area contributed by atoms with Crippen LogP contribution in [0.3, 0.4) is 0 Å². The highest BCUT2D eigenvalue weighted by atomic mass is 16.5. The van der Waals surface area contributed by atoms with Crippen LogP contribution >= 0.6 is 0 Å². The third kappa shape index (κ3) is 5.61. The van der Waals surface area contributed by atoms with E-state index in [-0.39, 0.29) is 24.3 Å². The maximum absolute atomic E-state index is 12.2. The number of morpholine rings is 1. The Morgan fingerprint density at radius 2 is 1.67 bits per heavy atom. The summed E-state index contributed by atoms with van der Waals surface area (Å²) in [6.45, 7) is 5.59. The number of hydrogen-bond acceptors (Lipinski definition) is 5. The van der Waals surface area contributed by atoms with Gasteiger partial charge in [-0.25, -0.2) is 0 Å². The van der Waals surface area contributed by atoms with Gasteiger partial charge in [-0.2, -0.15) is 0 Å². The van der Waals surface area contributed by atoms with Crippen LogP contribution in [0.25, 0.3) is 0 Å². The van der Waals surface area contributed by atoms with Crippen molar-refractivity contribution in [2.24, 2.45) is 0 Å². The topological polar surface area (TPSA) is 79.0 Å². The molecule has 1 N–H and O–H groups in total. The molecule has 2 saturated heterocycles. The molecule has 1 aromatic carbocycles. The average molecular weight is 373 g/mol. The number of hydrogen-bond donors (Lipinski definition) is 1. The summed E-state index contributed by atoms with van der Waals surface area (Å²) >= 11 is 0. The molecule has 0 radical (unpaired) electrons. The predicted molar refractivity (Wildman–Crippen MR) is 100 cm³/mol. The van der Waals surface area contributed by atoms with Crippen LogP contribution in [0.1, 0.15) is 41.6 Å². The van der Waals surface area contributed by atoms with Crippen molar-refractivity contribution in [3.63, 3.8) is 0 Å². The van der Waals surface area contributed by atoms with Gasteiger partial charge in [0.15, 0.2) is 0 Å². The third-order valence-corrected chi connectivity index (χ3v) is 5.00. The van der Waals surface area contributed by atoms with Crippen molar-refractivity contribution >= 4 is 17.7 Å². The molecule has 0 unspecified atom stereocenters. The number of rotatable bonds is 8. The smallest absolute Gasteiger partial charge is 0.251 e. The van der Waals surface area contributed by atoms with Crippen molar-refractivity contribution in [3.8, 4) is 0 Å². The second-order valence-corrected chi connectivity index (χ2v) is 6.99. The minimum atomic E-state index is -0.126. The number of imide groups is 1. The van der Waals surface area contributed by atoms with E-state index in [0.717, 1.165) is 51.3 Å². The van der Waals surface area contributed by atoms with Gasteiger partial charge in [-0.1, -0.05) is 12.1 Å². The molecule has 3 rings (SSSR count). The predicted octanol–water partition coefficient (Wildman–Crippen LogP) is 1.18. The minimum Gasteiger partial charge on any atom is -0.379 e. The Morgan fingerprint density at radius 3 is 2.33 bits per heavy atom. The van der Waals surface area contributed by atoms with Crippen molar-refractivity contribution < 1.29 is 19.1 Å². The zero-order valence-electron chi connectivity index (χ0n) is 15.6. The molecule has 146 valence electrons. The van der Waals surface area contributed by atoms with Crippen LogP contribution in [0.15, 0.2) is 24.3 Å². The number of likely N-dealkylation sites (tertiary alicyclic amines) is 1. The summed E-state index contributed by atoms with van der Waals surface area (Å²) in [5, 5.41) is 2.94. The minimum absolute atomic E-state index is 0.0961. The van der Waals surface area contributed by atoms with E-state index in [9.17, 15) is 14.4 Å². The maximum Gasteiger partial charge on any atom is 0.251 e. The lowest BCUT2D eigenvalue weighted by Gasteiger charge is -2.26. The molecule has 0 aliphatic carbocycles. The van der Waals surface area contributed by atoms with Gasteiger partial charge in [-0.15, -0.1) is 0 Å². The van der Waals surface area contributed by atoms with Crippen LogP contribution in [0.2, 0.25) is 0 Å². The fourth-order valence-electron chi connectivity index (χ4n) is 3.33. The van der Waals surface area contributed by atoms with Gasteiger partial charge in [0.25, 0.3) is 5.91 Å². The monoisotopic (exact) mass is 373 g/mol. The van der Waals surface area contributed by atoms with Gasteiger partial charge in [0.05, 0.1) is 19.8 Å². The van der Waals surface area contributed by atoms with E-state index in [1.807, 2.05) is 0 Å². The highest BCUT2D eigenvalue weighted by Gasteiger charge is 2.28. The van der Waals surface area contributed by atoms with Gasteiger partial charge < -0.3 is 10.1 Å². The average Bonchev–Trinajstić information content (AvgIpc) is 3.01. The summed E-state index contributed by atoms with van der Waals surface area (Å²) < 4.78 is 5.33. The van der Waals surface area contributed by atoms with Crippen molar-refractivity contribution in [1.29, 1.82) is 0 Å². The number of carbonyl (C=O) groups is 3. The molecule has 0 atom stereocenters. The fraction of sp³-hybridized carbons (Fsp3) is 0.550. The van der Waals surface area contributed by atoms with E-state index in [2.05, 4.69) is 10.2 Å². The van der Waals surface area contributed by atoms with Crippen LogP contribution < -0.4 is 5.32 Å². The highest BCUT2D eigenvalue weighted by molar-refractivity contribution is 6.01. The molecule has 0 aromatic heterocycles. The highest BCUT2D eigenvalue weighted by Crippen LogP contribution is 2.16. The van der Waals surface area contributed by atoms with Crippen molar-refractivity contribution in [2.45, 2.75) is 32.2 Å². The van der Waals surface area contributed by atoms with E-state index in [1.54, 1.807) is 24.3 Å². The molecule has 2 heterocycles. The molecule has 3 amide bonds. The molecule has 1 aromatic rings. The van der Waals surface area contributed by atoms with Crippen LogP contribution in [-0.2, 0) is 20.9 Å². The summed E-state index contributed by atoms with van der Waals surface area (Å²) in [4.78, 5) is 39.2. The Balaban J connectivity index is 1.37. The van der Waals surface area contributed by atoms with Crippen LogP contribution in [0.4, 0.5) is 0 Å². The molecular weight excluding hydrogens is 346 g/mol. The van der Waals surface area contributed by atoms with Crippen molar-refractivity contribution in [3.05, 3.63) is 35.4 Å². The SMILES string of the molecule is O=C(NCCCCN1CCOCC1)c1ccc(CN2C(=O)CCC2=O)cc1. The lowest BCUT2D eigenvalue weighted by atomic mass is 10.1. The molecule has 2 aliphatic heterocycles. The van der Waals surface area contributed by atoms with Crippen LogP contribution in [0.5, 0.6) is 0 Å². The number of carbonyl (C=O) groups excluding carboxylic acids is 3. The zero-order chi connectivity index (χ0) is 19.1. The summed E-state index contributed by atoms with van der Waals surface area (Å²) in [7, 11) is 0. The Kier molecular flexibility index (Phi) is 6.95. The van der Waals surface area contributed by atoms with Crippen molar-refractivity contribution in [1.82, 2.24) is 15.1 Å². The van der Waals surface area contributed by atoms with E-state index in [4.69, 9.17) is 4.74 Å². The summed E-state index contributed by atoms with van der Waals surface area (Å²) in [5.74, 6) is -0.348. The normalized spacial score (nSPS) is 18.1. The van der Waals surface area contributed by atoms with Gasteiger partial charge >= 0.3 is 0 Å². The van der Waals surface area contributed by atoms with E-state index in [1.165, 1.54) is 4.90 Å².